The van der Waals surface area contributed by atoms with Gasteiger partial charge in [0.15, 0.2) is 0 Å². The molecule has 0 unspecified atom stereocenters. The molecule has 0 spiro atoms. The van der Waals surface area contributed by atoms with Gasteiger partial charge < -0.3 is 14.6 Å². The molecule has 0 rings (SSSR count). The van der Waals surface area contributed by atoms with Gasteiger partial charge in [-0.15, -0.1) is 0 Å². The van der Waals surface area contributed by atoms with Crippen LogP contribution in [-0.4, -0.2) is 37.5 Å². The van der Waals surface area contributed by atoms with Crippen LogP contribution < -0.4 is 0 Å². The molecule has 0 aromatic carbocycles. The Kier molecular flexibility index (Phi) is 12.0. The Morgan fingerprint density at radius 3 is 2.25 bits per heavy atom. The summed E-state index contributed by atoms with van der Waals surface area (Å²) >= 11 is 0. The molecule has 4 heteroatoms. The highest BCUT2D eigenvalue weighted by molar-refractivity contribution is 5.66. The molecule has 0 saturated carbocycles. The summed E-state index contributed by atoms with van der Waals surface area (Å²) in [7, 11) is 0. The minimum Gasteiger partial charge on any atom is -0.481 e. The van der Waals surface area contributed by atoms with Crippen LogP contribution in [0.4, 0.5) is 0 Å². The van der Waals surface area contributed by atoms with Gasteiger partial charge in [0.05, 0.1) is 13.2 Å². The van der Waals surface area contributed by atoms with Crippen LogP contribution in [-0.2, 0) is 14.3 Å². The highest BCUT2D eigenvalue weighted by Gasteiger charge is 1.96. The molecule has 0 saturated heterocycles. The fourth-order valence-electron chi connectivity index (χ4n) is 1.37. The lowest BCUT2D eigenvalue weighted by Gasteiger charge is -2.04. The number of carboxylic acid groups (broad SMARTS) is 1. The SMILES string of the molecule is CCOCCOCCCCCCCC(=O)O. The average Bonchev–Trinajstić information content (AvgIpc) is 2.25. The summed E-state index contributed by atoms with van der Waals surface area (Å²) in [5.74, 6) is -0.695. The Bertz CT molecular complexity index is 159. The maximum Gasteiger partial charge on any atom is 0.303 e. The number of carboxylic acids is 1. The smallest absolute Gasteiger partial charge is 0.303 e. The Morgan fingerprint density at radius 2 is 1.56 bits per heavy atom. The first kappa shape index (κ1) is 15.4. The molecule has 1 N–H and O–H groups in total. The third-order valence-corrected chi connectivity index (χ3v) is 2.26. The highest BCUT2D eigenvalue weighted by atomic mass is 16.5. The lowest BCUT2D eigenvalue weighted by Crippen LogP contribution is -2.04. The molecular formula is C12H24O4. The van der Waals surface area contributed by atoms with Crippen molar-refractivity contribution in [3.05, 3.63) is 0 Å². The van der Waals surface area contributed by atoms with Crippen LogP contribution in [0.25, 0.3) is 0 Å². The van der Waals surface area contributed by atoms with Crippen LogP contribution in [0.1, 0.15) is 45.4 Å². The van der Waals surface area contributed by atoms with Crippen LogP contribution in [0.5, 0.6) is 0 Å². The lowest BCUT2D eigenvalue weighted by molar-refractivity contribution is -0.137. The number of ether oxygens (including phenoxy) is 2. The maximum atomic E-state index is 10.2. The third kappa shape index (κ3) is 13.4. The summed E-state index contributed by atoms with van der Waals surface area (Å²) in [6.07, 6.45) is 5.37. The van der Waals surface area contributed by atoms with Crippen molar-refractivity contribution in [2.75, 3.05) is 26.4 Å². The van der Waals surface area contributed by atoms with Gasteiger partial charge in [0.2, 0.25) is 0 Å². The van der Waals surface area contributed by atoms with Gasteiger partial charge in [-0.3, -0.25) is 4.79 Å². The van der Waals surface area contributed by atoms with E-state index >= 15 is 0 Å². The maximum absolute atomic E-state index is 10.2. The van der Waals surface area contributed by atoms with Crippen LogP contribution in [0.2, 0.25) is 0 Å². The Morgan fingerprint density at radius 1 is 0.938 bits per heavy atom. The summed E-state index contributed by atoms with van der Waals surface area (Å²) in [6, 6.07) is 0. The van der Waals surface area contributed by atoms with Gasteiger partial charge in [-0.05, 0) is 19.8 Å². The van der Waals surface area contributed by atoms with Crippen molar-refractivity contribution in [3.63, 3.8) is 0 Å². The van der Waals surface area contributed by atoms with E-state index in [0.717, 1.165) is 45.3 Å². The Labute approximate surface area is 97.9 Å². The number of rotatable bonds is 12. The van der Waals surface area contributed by atoms with E-state index in [1.165, 1.54) is 0 Å². The number of aliphatic carboxylic acids is 1. The van der Waals surface area contributed by atoms with Gasteiger partial charge in [0.25, 0.3) is 0 Å². The van der Waals surface area contributed by atoms with Crippen LogP contribution >= 0.6 is 0 Å². The van der Waals surface area contributed by atoms with Gasteiger partial charge in [-0.1, -0.05) is 19.3 Å². The zero-order valence-electron chi connectivity index (χ0n) is 10.2. The molecule has 0 fully saturated rings. The number of unbranched alkanes of at least 4 members (excludes halogenated alkanes) is 4. The Balaban J connectivity index is 2.90. The number of hydrogen-bond acceptors (Lipinski definition) is 3. The fourth-order valence-corrected chi connectivity index (χ4v) is 1.37. The van der Waals surface area contributed by atoms with E-state index in [0.29, 0.717) is 19.6 Å². The van der Waals surface area contributed by atoms with E-state index in [-0.39, 0.29) is 0 Å². The van der Waals surface area contributed by atoms with Crippen molar-refractivity contribution in [2.24, 2.45) is 0 Å². The van der Waals surface area contributed by atoms with Crippen LogP contribution in [0.15, 0.2) is 0 Å². The second-order valence-corrected chi connectivity index (χ2v) is 3.72. The summed E-state index contributed by atoms with van der Waals surface area (Å²) in [5.41, 5.74) is 0. The van der Waals surface area contributed by atoms with E-state index in [2.05, 4.69) is 0 Å². The molecule has 0 atom stereocenters. The van der Waals surface area contributed by atoms with Gasteiger partial charge >= 0.3 is 5.97 Å². The molecule has 16 heavy (non-hydrogen) atoms. The molecule has 96 valence electrons. The fraction of sp³-hybridized carbons (Fsp3) is 0.917. The summed E-state index contributed by atoms with van der Waals surface area (Å²) in [5, 5.41) is 8.43. The van der Waals surface area contributed by atoms with Crippen molar-refractivity contribution >= 4 is 5.97 Å². The predicted molar refractivity (Wildman–Crippen MR) is 62.6 cm³/mol. The number of carbonyl (C=O) groups is 1. The van der Waals surface area contributed by atoms with Crippen molar-refractivity contribution in [1.29, 1.82) is 0 Å². The molecule has 0 aromatic heterocycles. The quantitative estimate of drug-likeness (QED) is 0.525. The molecule has 0 radical (unpaired) electrons. The highest BCUT2D eigenvalue weighted by Crippen LogP contribution is 2.05. The van der Waals surface area contributed by atoms with Crippen LogP contribution in [0.3, 0.4) is 0 Å². The van der Waals surface area contributed by atoms with Gasteiger partial charge in [-0.25, -0.2) is 0 Å². The number of hydrogen-bond donors (Lipinski definition) is 1. The first-order valence-electron chi connectivity index (χ1n) is 6.14. The van der Waals surface area contributed by atoms with Crippen molar-refractivity contribution in [2.45, 2.75) is 45.4 Å². The zero-order chi connectivity index (χ0) is 12.1. The third-order valence-electron chi connectivity index (χ3n) is 2.26. The first-order valence-corrected chi connectivity index (χ1v) is 6.14. The van der Waals surface area contributed by atoms with Crippen molar-refractivity contribution < 1.29 is 19.4 Å². The molecule has 0 aliphatic carbocycles. The molecule has 0 aliphatic heterocycles. The molecule has 0 heterocycles. The predicted octanol–water partition coefficient (Wildman–Crippen LogP) is 2.46. The lowest BCUT2D eigenvalue weighted by atomic mass is 10.1. The van der Waals surface area contributed by atoms with Gasteiger partial charge in [-0.2, -0.15) is 0 Å². The summed E-state index contributed by atoms with van der Waals surface area (Å²) in [4.78, 5) is 10.2. The molecule has 4 nitrogen and oxygen atoms in total. The molecule has 0 aliphatic rings. The molecule has 0 bridgehead atoms. The molecule has 0 aromatic rings. The molecular weight excluding hydrogens is 208 g/mol. The normalized spacial score (nSPS) is 10.6. The average molecular weight is 232 g/mol. The van der Waals surface area contributed by atoms with Crippen molar-refractivity contribution in [1.82, 2.24) is 0 Å². The topological polar surface area (TPSA) is 55.8 Å². The summed E-state index contributed by atoms with van der Waals surface area (Å²) < 4.78 is 10.5. The first-order chi connectivity index (χ1) is 7.77. The zero-order valence-corrected chi connectivity index (χ0v) is 10.2. The monoisotopic (exact) mass is 232 g/mol. The van der Waals surface area contributed by atoms with E-state index < -0.39 is 5.97 Å². The van der Waals surface area contributed by atoms with E-state index in [1.807, 2.05) is 6.92 Å². The van der Waals surface area contributed by atoms with Crippen LogP contribution in [0, 0.1) is 0 Å². The van der Waals surface area contributed by atoms with E-state index in [4.69, 9.17) is 14.6 Å². The minimum absolute atomic E-state index is 0.296. The van der Waals surface area contributed by atoms with E-state index in [9.17, 15) is 4.79 Å². The van der Waals surface area contributed by atoms with Gasteiger partial charge in [0, 0.05) is 19.6 Å². The summed E-state index contributed by atoms with van der Waals surface area (Å²) in [6.45, 7) is 4.85. The van der Waals surface area contributed by atoms with E-state index in [1.54, 1.807) is 0 Å². The Hall–Kier alpha value is -0.610. The second-order valence-electron chi connectivity index (χ2n) is 3.72. The minimum atomic E-state index is -0.695. The van der Waals surface area contributed by atoms with Crippen molar-refractivity contribution in [3.8, 4) is 0 Å². The largest absolute Gasteiger partial charge is 0.481 e. The van der Waals surface area contributed by atoms with Gasteiger partial charge in [0.1, 0.15) is 0 Å². The molecule has 0 amide bonds. The second kappa shape index (κ2) is 12.5. The standard InChI is InChI=1S/C12H24O4/c1-2-15-10-11-16-9-7-5-3-4-6-8-12(13)14/h2-11H2,1H3,(H,13,14).